The van der Waals surface area contributed by atoms with Gasteiger partial charge in [0.1, 0.15) is 5.75 Å². The van der Waals surface area contributed by atoms with Crippen molar-refractivity contribution in [3.63, 3.8) is 0 Å². The van der Waals surface area contributed by atoms with Crippen molar-refractivity contribution in [3.8, 4) is 5.75 Å². The van der Waals surface area contributed by atoms with Crippen molar-refractivity contribution in [2.24, 2.45) is 0 Å². The molecule has 4 heteroatoms. The molecule has 0 aliphatic carbocycles. The van der Waals surface area contributed by atoms with Crippen LogP contribution in [-0.2, 0) is 0 Å². The van der Waals surface area contributed by atoms with Crippen LogP contribution in [0.15, 0.2) is 22.7 Å². The van der Waals surface area contributed by atoms with Crippen LogP contribution >= 0.6 is 15.9 Å². The summed E-state index contributed by atoms with van der Waals surface area (Å²) in [4.78, 5) is 12.0. The van der Waals surface area contributed by atoms with Gasteiger partial charge in [0.25, 0.3) is 5.91 Å². The molecule has 0 bridgehead atoms. The van der Waals surface area contributed by atoms with E-state index in [-0.39, 0.29) is 18.1 Å². The first kappa shape index (κ1) is 14.0. The zero-order valence-electron chi connectivity index (χ0n) is 10.6. The van der Waals surface area contributed by atoms with Gasteiger partial charge in [-0.1, -0.05) is 15.9 Å². The van der Waals surface area contributed by atoms with Gasteiger partial charge in [0.05, 0.1) is 11.7 Å². The van der Waals surface area contributed by atoms with Gasteiger partial charge in [0, 0.05) is 10.5 Å². The lowest BCUT2D eigenvalue weighted by Crippen LogP contribution is -2.30. The SMILES string of the molecule is CC(C)NC(=O)c1cc(Br)ccc1OC(C)C. The van der Waals surface area contributed by atoms with E-state index in [1.54, 1.807) is 12.1 Å². The summed E-state index contributed by atoms with van der Waals surface area (Å²) in [6.45, 7) is 7.73. The molecule has 0 fully saturated rings. The van der Waals surface area contributed by atoms with Gasteiger partial charge in [0.2, 0.25) is 0 Å². The zero-order chi connectivity index (χ0) is 13.0. The molecule has 0 saturated heterocycles. The minimum Gasteiger partial charge on any atom is -0.490 e. The van der Waals surface area contributed by atoms with Crippen LogP contribution < -0.4 is 10.1 Å². The average Bonchev–Trinajstić information content (AvgIpc) is 2.19. The Kier molecular flexibility index (Phi) is 5.00. The molecule has 0 aromatic heterocycles. The monoisotopic (exact) mass is 299 g/mol. The minimum atomic E-state index is -0.114. The molecule has 0 heterocycles. The van der Waals surface area contributed by atoms with Gasteiger partial charge in [-0.25, -0.2) is 0 Å². The largest absolute Gasteiger partial charge is 0.490 e. The topological polar surface area (TPSA) is 38.3 Å². The Hall–Kier alpha value is -1.03. The summed E-state index contributed by atoms with van der Waals surface area (Å²) in [7, 11) is 0. The maximum Gasteiger partial charge on any atom is 0.255 e. The number of carbonyl (C=O) groups excluding carboxylic acids is 1. The Morgan fingerprint density at radius 2 is 1.94 bits per heavy atom. The molecular formula is C13H18BrNO2. The highest BCUT2D eigenvalue weighted by Gasteiger charge is 2.14. The summed E-state index contributed by atoms with van der Waals surface area (Å²) in [5.74, 6) is 0.498. The van der Waals surface area contributed by atoms with Gasteiger partial charge in [-0.3, -0.25) is 4.79 Å². The normalized spacial score (nSPS) is 10.8. The van der Waals surface area contributed by atoms with Gasteiger partial charge < -0.3 is 10.1 Å². The average molecular weight is 300 g/mol. The highest BCUT2D eigenvalue weighted by atomic mass is 79.9. The molecule has 3 nitrogen and oxygen atoms in total. The summed E-state index contributed by atoms with van der Waals surface area (Å²) in [6, 6.07) is 5.55. The molecule has 1 amide bonds. The second-order valence-electron chi connectivity index (χ2n) is 4.44. The van der Waals surface area contributed by atoms with E-state index < -0.39 is 0 Å². The highest BCUT2D eigenvalue weighted by molar-refractivity contribution is 9.10. The van der Waals surface area contributed by atoms with Crippen LogP contribution in [0.1, 0.15) is 38.1 Å². The van der Waals surface area contributed by atoms with Crippen LogP contribution in [-0.4, -0.2) is 18.1 Å². The third-order valence-corrected chi connectivity index (χ3v) is 2.46. The second-order valence-corrected chi connectivity index (χ2v) is 5.35. The summed E-state index contributed by atoms with van der Waals surface area (Å²) in [5, 5.41) is 2.86. The van der Waals surface area contributed by atoms with E-state index in [0.29, 0.717) is 11.3 Å². The van der Waals surface area contributed by atoms with Crippen molar-refractivity contribution in [1.29, 1.82) is 0 Å². The van der Waals surface area contributed by atoms with E-state index in [9.17, 15) is 4.79 Å². The third kappa shape index (κ3) is 4.38. The Morgan fingerprint density at radius 3 is 2.47 bits per heavy atom. The molecular weight excluding hydrogens is 282 g/mol. The van der Waals surface area contributed by atoms with Crippen molar-refractivity contribution >= 4 is 21.8 Å². The van der Waals surface area contributed by atoms with Crippen molar-refractivity contribution in [2.75, 3.05) is 0 Å². The number of nitrogens with one attached hydrogen (secondary N) is 1. The van der Waals surface area contributed by atoms with Gasteiger partial charge in [-0.15, -0.1) is 0 Å². The fraction of sp³-hybridized carbons (Fsp3) is 0.462. The number of hydrogen-bond acceptors (Lipinski definition) is 2. The van der Waals surface area contributed by atoms with Crippen molar-refractivity contribution < 1.29 is 9.53 Å². The zero-order valence-corrected chi connectivity index (χ0v) is 12.2. The summed E-state index contributed by atoms with van der Waals surface area (Å²) < 4.78 is 6.48. The van der Waals surface area contributed by atoms with Gasteiger partial charge in [0.15, 0.2) is 0 Å². The molecule has 17 heavy (non-hydrogen) atoms. The molecule has 1 N–H and O–H groups in total. The molecule has 1 aromatic rings. The predicted molar refractivity (Wildman–Crippen MR) is 72.5 cm³/mol. The molecule has 0 unspecified atom stereocenters. The molecule has 0 saturated carbocycles. The van der Waals surface area contributed by atoms with Gasteiger partial charge in [-0.05, 0) is 45.9 Å². The number of hydrogen-bond donors (Lipinski definition) is 1. The van der Waals surface area contributed by atoms with Crippen molar-refractivity contribution in [1.82, 2.24) is 5.32 Å². The second kappa shape index (κ2) is 6.05. The molecule has 0 aliphatic heterocycles. The molecule has 0 spiro atoms. The van der Waals surface area contributed by atoms with Crippen LogP contribution in [0.4, 0.5) is 0 Å². The molecule has 0 radical (unpaired) electrons. The quantitative estimate of drug-likeness (QED) is 0.926. The van der Waals surface area contributed by atoms with Crippen LogP contribution in [0.25, 0.3) is 0 Å². The molecule has 0 aliphatic rings. The molecule has 1 rings (SSSR count). The van der Waals surface area contributed by atoms with Crippen LogP contribution in [0.3, 0.4) is 0 Å². The number of rotatable bonds is 4. The maximum atomic E-state index is 12.0. The minimum absolute atomic E-state index is 0.0433. The number of amides is 1. The van der Waals surface area contributed by atoms with Crippen molar-refractivity contribution in [3.05, 3.63) is 28.2 Å². The third-order valence-electron chi connectivity index (χ3n) is 1.97. The fourth-order valence-corrected chi connectivity index (χ4v) is 1.74. The van der Waals surface area contributed by atoms with E-state index in [2.05, 4.69) is 21.2 Å². The summed E-state index contributed by atoms with van der Waals surface area (Å²) in [6.07, 6.45) is 0.0433. The van der Waals surface area contributed by atoms with Gasteiger partial charge >= 0.3 is 0 Å². The smallest absolute Gasteiger partial charge is 0.255 e. The number of ether oxygens (including phenoxy) is 1. The molecule has 94 valence electrons. The standard InChI is InChI=1S/C13H18BrNO2/c1-8(2)15-13(16)11-7-10(14)5-6-12(11)17-9(3)4/h5-9H,1-4H3,(H,15,16). The first-order chi connectivity index (χ1) is 7.90. The molecule has 0 atom stereocenters. The summed E-state index contributed by atoms with van der Waals surface area (Å²) >= 11 is 3.36. The van der Waals surface area contributed by atoms with Gasteiger partial charge in [-0.2, -0.15) is 0 Å². The number of benzene rings is 1. The van der Waals surface area contributed by atoms with Crippen LogP contribution in [0, 0.1) is 0 Å². The lowest BCUT2D eigenvalue weighted by Gasteiger charge is -2.15. The highest BCUT2D eigenvalue weighted by Crippen LogP contribution is 2.24. The fourth-order valence-electron chi connectivity index (χ4n) is 1.38. The predicted octanol–water partition coefficient (Wildman–Crippen LogP) is 3.37. The Balaban J connectivity index is 3.02. The number of carbonyl (C=O) groups is 1. The molecule has 1 aromatic carbocycles. The number of halogens is 1. The lowest BCUT2D eigenvalue weighted by atomic mass is 10.1. The van der Waals surface area contributed by atoms with Crippen LogP contribution in [0.5, 0.6) is 5.75 Å². The lowest BCUT2D eigenvalue weighted by molar-refractivity contribution is 0.0937. The van der Waals surface area contributed by atoms with E-state index in [1.807, 2.05) is 33.8 Å². The van der Waals surface area contributed by atoms with E-state index >= 15 is 0 Å². The Labute approximate surface area is 111 Å². The first-order valence-electron chi connectivity index (χ1n) is 5.67. The van der Waals surface area contributed by atoms with Crippen molar-refractivity contribution in [2.45, 2.75) is 39.8 Å². The van der Waals surface area contributed by atoms with Crippen LogP contribution in [0.2, 0.25) is 0 Å². The van der Waals surface area contributed by atoms with E-state index in [1.165, 1.54) is 0 Å². The van der Waals surface area contributed by atoms with E-state index in [4.69, 9.17) is 4.74 Å². The Morgan fingerprint density at radius 1 is 1.29 bits per heavy atom. The Bertz CT molecular complexity index is 402. The maximum absolute atomic E-state index is 12.0. The summed E-state index contributed by atoms with van der Waals surface area (Å²) in [5.41, 5.74) is 0.557. The van der Waals surface area contributed by atoms with E-state index in [0.717, 1.165) is 4.47 Å². The first-order valence-corrected chi connectivity index (χ1v) is 6.46.